The minimum atomic E-state index is 0.0428. The molecule has 76 valence electrons. The minimum Gasteiger partial charge on any atom is -0.399 e. The molecule has 0 bridgehead atoms. The van der Waals surface area contributed by atoms with Crippen LogP contribution in [0.1, 0.15) is 18.1 Å². The second-order valence-corrected chi connectivity index (χ2v) is 3.26. The number of benzene rings is 1. The summed E-state index contributed by atoms with van der Waals surface area (Å²) in [5.74, 6) is 0.0428. The highest BCUT2D eigenvalue weighted by molar-refractivity contribution is 5.79. The molecule has 1 aromatic rings. The van der Waals surface area contributed by atoms with E-state index in [0.717, 1.165) is 16.8 Å². The molecule has 3 nitrogen and oxygen atoms in total. The van der Waals surface area contributed by atoms with Gasteiger partial charge < -0.3 is 11.1 Å². The van der Waals surface area contributed by atoms with Gasteiger partial charge >= 0.3 is 0 Å². The van der Waals surface area contributed by atoms with Crippen molar-refractivity contribution in [2.24, 2.45) is 0 Å². The molecule has 3 heteroatoms. The molecule has 0 saturated heterocycles. The number of hydrogen-bond donors (Lipinski definition) is 2. The van der Waals surface area contributed by atoms with Crippen LogP contribution in [0.3, 0.4) is 0 Å². The second kappa shape index (κ2) is 4.65. The van der Waals surface area contributed by atoms with Gasteiger partial charge in [0.1, 0.15) is 0 Å². The van der Waals surface area contributed by atoms with Crippen molar-refractivity contribution >= 4 is 11.6 Å². The molecule has 0 spiro atoms. The maximum absolute atomic E-state index is 11.3. The van der Waals surface area contributed by atoms with E-state index < -0.39 is 0 Å². The first-order chi connectivity index (χ1) is 6.65. The predicted octanol–water partition coefficient (Wildman–Crippen LogP) is 1.26. The third-order valence-electron chi connectivity index (χ3n) is 2.21. The van der Waals surface area contributed by atoms with Crippen molar-refractivity contribution in [2.75, 3.05) is 12.3 Å². The number of hydrogen-bond acceptors (Lipinski definition) is 2. The van der Waals surface area contributed by atoms with Crippen molar-refractivity contribution in [2.45, 2.75) is 20.3 Å². The Hall–Kier alpha value is -1.51. The largest absolute Gasteiger partial charge is 0.399 e. The van der Waals surface area contributed by atoms with Crippen molar-refractivity contribution in [1.29, 1.82) is 0 Å². The van der Waals surface area contributed by atoms with Crippen LogP contribution in [-0.2, 0) is 11.2 Å². The molecule has 0 radical (unpaired) electrons. The second-order valence-electron chi connectivity index (χ2n) is 3.26. The van der Waals surface area contributed by atoms with Gasteiger partial charge in [0.05, 0.1) is 6.42 Å². The van der Waals surface area contributed by atoms with Crippen molar-refractivity contribution in [3.63, 3.8) is 0 Å². The molecule has 0 aliphatic heterocycles. The Morgan fingerprint density at radius 1 is 1.50 bits per heavy atom. The van der Waals surface area contributed by atoms with Gasteiger partial charge in [-0.2, -0.15) is 0 Å². The highest BCUT2D eigenvalue weighted by Gasteiger charge is 2.05. The van der Waals surface area contributed by atoms with E-state index in [1.807, 2.05) is 32.0 Å². The molecule has 0 aliphatic carbocycles. The normalized spacial score (nSPS) is 9.86. The Bertz CT molecular complexity index is 334. The summed E-state index contributed by atoms with van der Waals surface area (Å²) >= 11 is 0. The van der Waals surface area contributed by atoms with Crippen LogP contribution < -0.4 is 11.1 Å². The monoisotopic (exact) mass is 192 g/mol. The molecule has 14 heavy (non-hydrogen) atoms. The zero-order chi connectivity index (χ0) is 10.6. The minimum absolute atomic E-state index is 0.0428. The summed E-state index contributed by atoms with van der Waals surface area (Å²) in [4.78, 5) is 11.3. The molecular weight excluding hydrogens is 176 g/mol. The van der Waals surface area contributed by atoms with Gasteiger partial charge in [0, 0.05) is 12.2 Å². The Morgan fingerprint density at radius 3 is 2.86 bits per heavy atom. The average Bonchev–Trinajstić information content (AvgIpc) is 2.13. The fraction of sp³-hybridized carbons (Fsp3) is 0.364. The summed E-state index contributed by atoms with van der Waals surface area (Å²) in [6.07, 6.45) is 0.407. The van der Waals surface area contributed by atoms with E-state index in [4.69, 9.17) is 5.73 Å². The number of carbonyl (C=O) groups excluding carboxylic acids is 1. The maximum atomic E-state index is 11.3. The first kappa shape index (κ1) is 10.6. The summed E-state index contributed by atoms with van der Waals surface area (Å²) in [5, 5.41) is 2.76. The lowest BCUT2D eigenvalue weighted by Gasteiger charge is -2.07. The van der Waals surface area contributed by atoms with Gasteiger partial charge in [0.15, 0.2) is 0 Å². The van der Waals surface area contributed by atoms with Crippen molar-refractivity contribution in [3.8, 4) is 0 Å². The Kier molecular flexibility index (Phi) is 3.51. The van der Waals surface area contributed by atoms with Gasteiger partial charge in [-0.15, -0.1) is 0 Å². The topological polar surface area (TPSA) is 55.1 Å². The van der Waals surface area contributed by atoms with E-state index in [0.29, 0.717) is 13.0 Å². The van der Waals surface area contributed by atoms with Crippen molar-refractivity contribution in [3.05, 3.63) is 29.3 Å². The predicted molar refractivity (Wildman–Crippen MR) is 58.0 cm³/mol. The quantitative estimate of drug-likeness (QED) is 0.708. The number of amides is 1. The van der Waals surface area contributed by atoms with Gasteiger partial charge in [-0.3, -0.25) is 4.79 Å². The molecule has 1 aromatic carbocycles. The first-order valence-corrected chi connectivity index (χ1v) is 4.75. The van der Waals surface area contributed by atoms with E-state index in [2.05, 4.69) is 5.32 Å². The van der Waals surface area contributed by atoms with E-state index in [9.17, 15) is 4.79 Å². The van der Waals surface area contributed by atoms with Crippen LogP contribution in [0.4, 0.5) is 5.69 Å². The fourth-order valence-electron chi connectivity index (χ4n) is 1.33. The lowest BCUT2D eigenvalue weighted by Crippen LogP contribution is -2.24. The molecule has 0 unspecified atom stereocenters. The maximum Gasteiger partial charge on any atom is 0.224 e. The first-order valence-electron chi connectivity index (χ1n) is 4.75. The summed E-state index contributed by atoms with van der Waals surface area (Å²) in [5.41, 5.74) is 8.48. The smallest absolute Gasteiger partial charge is 0.224 e. The van der Waals surface area contributed by atoms with Gasteiger partial charge in [-0.1, -0.05) is 12.1 Å². The third-order valence-corrected chi connectivity index (χ3v) is 2.21. The molecule has 1 rings (SSSR count). The lowest BCUT2D eigenvalue weighted by molar-refractivity contribution is -0.120. The van der Waals surface area contributed by atoms with Gasteiger partial charge in [0.25, 0.3) is 0 Å². The molecule has 0 atom stereocenters. The van der Waals surface area contributed by atoms with Gasteiger partial charge in [-0.05, 0) is 31.0 Å². The molecule has 1 amide bonds. The Labute approximate surface area is 84.3 Å². The highest BCUT2D eigenvalue weighted by Crippen LogP contribution is 2.15. The van der Waals surface area contributed by atoms with Gasteiger partial charge in [-0.25, -0.2) is 0 Å². The number of anilines is 1. The molecule has 0 saturated carbocycles. The molecule has 0 aliphatic rings. The molecule has 0 fully saturated rings. The van der Waals surface area contributed by atoms with Crippen LogP contribution in [0.25, 0.3) is 0 Å². The van der Waals surface area contributed by atoms with Crippen molar-refractivity contribution in [1.82, 2.24) is 5.32 Å². The van der Waals surface area contributed by atoms with E-state index >= 15 is 0 Å². The van der Waals surface area contributed by atoms with Gasteiger partial charge in [0.2, 0.25) is 5.91 Å². The highest BCUT2D eigenvalue weighted by atomic mass is 16.1. The Morgan fingerprint density at radius 2 is 2.21 bits per heavy atom. The number of nitrogen functional groups attached to an aromatic ring is 1. The van der Waals surface area contributed by atoms with E-state index in [1.165, 1.54) is 0 Å². The molecular formula is C11H16N2O. The Balaban J connectivity index is 2.76. The number of carbonyl (C=O) groups is 1. The van der Waals surface area contributed by atoms with Crippen LogP contribution in [0, 0.1) is 6.92 Å². The van der Waals surface area contributed by atoms with Crippen LogP contribution in [0.5, 0.6) is 0 Å². The van der Waals surface area contributed by atoms with Crippen LogP contribution in [0.15, 0.2) is 18.2 Å². The number of nitrogens with two attached hydrogens (primary N) is 1. The fourth-order valence-corrected chi connectivity index (χ4v) is 1.33. The third kappa shape index (κ3) is 2.49. The van der Waals surface area contributed by atoms with Crippen LogP contribution in [0.2, 0.25) is 0 Å². The van der Waals surface area contributed by atoms with Crippen LogP contribution in [-0.4, -0.2) is 12.5 Å². The zero-order valence-electron chi connectivity index (χ0n) is 8.63. The summed E-state index contributed by atoms with van der Waals surface area (Å²) in [6.45, 7) is 4.51. The molecule has 0 aromatic heterocycles. The van der Waals surface area contributed by atoms with E-state index in [1.54, 1.807) is 0 Å². The van der Waals surface area contributed by atoms with Crippen molar-refractivity contribution < 1.29 is 4.79 Å². The summed E-state index contributed by atoms with van der Waals surface area (Å²) < 4.78 is 0. The number of nitrogens with one attached hydrogen (secondary N) is 1. The number of rotatable bonds is 3. The standard InChI is InChI=1S/C11H16N2O/c1-3-13-11(14)7-9-5-4-6-10(12)8(9)2/h4-6H,3,7,12H2,1-2H3,(H,13,14). The zero-order valence-corrected chi connectivity index (χ0v) is 8.63. The molecule has 0 heterocycles. The SMILES string of the molecule is CCNC(=O)Cc1cccc(N)c1C. The summed E-state index contributed by atoms with van der Waals surface area (Å²) in [6, 6.07) is 5.65. The van der Waals surface area contributed by atoms with Crippen LogP contribution >= 0.6 is 0 Å². The lowest BCUT2D eigenvalue weighted by atomic mass is 10.0. The number of likely N-dealkylation sites (N-methyl/N-ethyl adjacent to an activating group) is 1. The summed E-state index contributed by atoms with van der Waals surface area (Å²) in [7, 11) is 0. The van der Waals surface area contributed by atoms with E-state index in [-0.39, 0.29) is 5.91 Å². The average molecular weight is 192 g/mol. The molecule has 3 N–H and O–H groups in total.